The summed E-state index contributed by atoms with van der Waals surface area (Å²) >= 11 is 4.65. The lowest BCUT2D eigenvalue weighted by Crippen LogP contribution is -2.19. The predicted molar refractivity (Wildman–Crippen MR) is 79.4 cm³/mol. The Kier molecular flexibility index (Phi) is 5.94. The second kappa shape index (κ2) is 7.03. The molecule has 0 aromatic heterocycles. The topological polar surface area (TPSA) is 55.1 Å². The SMILES string of the molecule is CCS(=O)CCNc1ccc(C(F)(F)F)c(C(N)=S)c1. The predicted octanol–water partition coefficient (Wildman–Crippen LogP) is 2.52. The molecule has 0 aliphatic carbocycles. The van der Waals surface area contributed by atoms with Crippen LogP contribution in [-0.2, 0) is 17.0 Å². The molecule has 112 valence electrons. The molecule has 0 radical (unpaired) electrons. The zero-order valence-electron chi connectivity index (χ0n) is 10.8. The number of benzene rings is 1. The highest BCUT2D eigenvalue weighted by Crippen LogP contribution is 2.33. The van der Waals surface area contributed by atoms with Gasteiger partial charge in [0, 0.05) is 40.1 Å². The quantitative estimate of drug-likeness (QED) is 0.790. The first-order chi connectivity index (χ1) is 9.25. The fraction of sp³-hybridized carbons (Fsp3) is 0.417. The van der Waals surface area contributed by atoms with Gasteiger partial charge in [-0.2, -0.15) is 13.2 Å². The summed E-state index contributed by atoms with van der Waals surface area (Å²) in [6.07, 6.45) is -4.50. The van der Waals surface area contributed by atoms with E-state index in [0.29, 0.717) is 23.7 Å². The van der Waals surface area contributed by atoms with Crippen LogP contribution in [-0.4, -0.2) is 27.2 Å². The number of thiocarbonyl (C=S) groups is 1. The van der Waals surface area contributed by atoms with E-state index in [2.05, 4.69) is 17.5 Å². The van der Waals surface area contributed by atoms with Gasteiger partial charge in [0.1, 0.15) is 4.99 Å². The van der Waals surface area contributed by atoms with E-state index in [1.165, 1.54) is 12.1 Å². The summed E-state index contributed by atoms with van der Waals surface area (Å²) in [4.78, 5) is -0.307. The van der Waals surface area contributed by atoms with Gasteiger partial charge in [-0.15, -0.1) is 0 Å². The molecule has 1 unspecified atom stereocenters. The van der Waals surface area contributed by atoms with Gasteiger partial charge in [0.15, 0.2) is 0 Å². The molecule has 0 saturated heterocycles. The first-order valence-electron chi connectivity index (χ1n) is 5.85. The maximum Gasteiger partial charge on any atom is 0.417 e. The monoisotopic (exact) mass is 324 g/mol. The number of hydrogen-bond acceptors (Lipinski definition) is 3. The van der Waals surface area contributed by atoms with Gasteiger partial charge in [-0.1, -0.05) is 19.1 Å². The molecule has 8 heteroatoms. The van der Waals surface area contributed by atoms with Crippen LogP contribution in [0.5, 0.6) is 0 Å². The van der Waals surface area contributed by atoms with Crippen LogP contribution in [0, 0.1) is 0 Å². The molecule has 0 spiro atoms. The molecule has 1 aromatic carbocycles. The second-order valence-electron chi connectivity index (χ2n) is 3.98. The smallest absolute Gasteiger partial charge is 0.389 e. The summed E-state index contributed by atoms with van der Waals surface area (Å²) in [7, 11) is -0.926. The average Bonchev–Trinajstić information content (AvgIpc) is 2.37. The maximum absolute atomic E-state index is 12.8. The third-order valence-electron chi connectivity index (χ3n) is 2.57. The van der Waals surface area contributed by atoms with E-state index in [4.69, 9.17) is 5.73 Å². The Hall–Kier alpha value is -1.15. The van der Waals surface area contributed by atoms with Crippen molar-refractivity contribution in [3.8, 4) is 0 Å². The Morgan fingerprint density at radius 2 is 2.10 bits per heavy atom. The van der Waals surface area contributed by atoms with E-state index in [0.717, 1.165) is 6.07 Å². The normalized spacial score (nSPS) is 13.0. The highest BCUT2D eigenvalue weighted by atomic mass is 32.2. The molecule has 1 atom stereocenters. The van der Waals surface area contributed by atoms with Crippen LogP contribution in [0.15, 0.2) is 18.2 Å². The van der Waals surface area contributed by atoms with Gasteiger partial charge >= 0.3 is 6.18 Å². The number of nitrogens with one attached hydrogen (secondary N) is 1. The lowest BCUT2D eigenvalue weighted by Gasteiger charge is -2.14. The molecular formula is C12H15F3N2OS2. The molecule has 3 N–H and O–H groups in total. The van der Waals surface area contributed by atoms with Crippen molar-refractivity contribution in [3.05, 3.63) is 29.3 Å². The van der Waals surface area contributed by atoms with E-state index >= 15 is 0 Å². The molecule has 0 bridgehead atoms. The molecule has 0 saturated carbocycles. The largest absolute Gasteiger partial charge is 0.417 e. The summed E-state index contributed by atoms with van der Waals surface area (Å²) in [5.41, 5.74) is 4.73. The summed E-state index contributed by atoms with van der Waals surface area (Å²) < 4.78 is 49.5. The van der Waals surface area contributed by atoms with E-state index in [9.17, 15) is 17.4 Å². The zero-order valence-corrected chi connectivity index (χ0v) is 12.4. The molecule has 20 heavy (non-hydrogen) atoms. The molecule has 3 nitrogen and oxygen atoms in total. The van der Waals surface area contributed by atoms with E-state index in [1.54, 1.807) is 6.92 Å². The van der Waals surface area contributed by atoms with Crippen molar-refractivity contribution in [2.45, 2.75) is 13.1 Å². The fourth-order valence-corrected chi connectivity index (χ4v) is 2.35. The minimum Gasteiger partial charge on any atom is -0.389 e. The third-order valence-corrected chi connectivity index (χ3v) is 4.09. The highest BCUT2D eigenvalue weighted by molar-refractivity contribution is 7.84. The van der Waals surface area contributed by atoms with Gasteiger partial charge in [-0.3, -0.25) is 4.21 Å². The van der Waals surface area contributed by atoms with E-state index < -0.39 is 22.5 Å². The molecule has 0 heterocycles. The van der Waals surface area contributed by atoms with Crippen molar-refractivity contribution in [3.63, 3.8) is 0 Å². The molecule has 1 aromatic rings. The van der Waals surface area contributed by atoms with Crippen molar-refractivity contribution in [1.29, 1.82) is 0 Å². The van der Waals surface area contributed by atoms with Crippen LogP contribution in [0.2, 0.25) is 0 Å². The third kappa shape index (κ3) is 4.75. The van der Waals surface area contributed by atoms with Crippen LogP contribution in [0.25, 0.3) is 0 Å². The lowest BCUT2D eigenvalue weighted by atomic mass is 10.1. The summed E-state index contributed by atoms with van der Waals surface area (Å²) in [6, 6.07) is 3.51. The fourth-order valence-electron chi connectivity index (χ4n) is 1.56. The Balaban J connectivity index is 2.89. The van der Waals surface area contributed by atoms with Crippen molar-refractivity contribution in [1.82, 2.24) is 0 Å². The van der Waals surface area contributed by atoms with Crippen molar-refractivity contribution in [2.75, 3.05) is 23.4 Å². The highest BCUT2D eigenvalue weighted by Gasteiger charge is 2.33. The van der Waals surface area contributed by atoms with Gasteiger partial charge in [-0.25, -0.2) is 0 Å². The number of anilines is 1. The molecule has 0 aliphatic rings. The van der Waals surface area contributed by atoms with E-state index in [1.807, 2.05) is 0 Å². The Bertz CT molecular complexity index is 518. The molecule has 1 rings (SSSR count). The van der Waals surface area contributed by atoms with Gasteiger partial charge in [0.25, 0.3) is 0 Å². The summed E-state index contributed by atoms with van der Waals surface area (Å²) in [5.74, 6) is 0.979. The minimum atomic E-state index is -4.50. The Morgan fingerprint density at radius 1 is 1.45 bits per heavy atom. The lowest BCUT2D eigenvalue weighted by molar-refractivity contribution is -0.137. The second-order valence-corrected chi connectivity index (χ2v) is 6.29. The van der Waals surface area contributed by atoms with Gasteiger partial charge in [0.05, 0.1) is 5.56 Å². The first-order valence-corrected chi connectivity index (χ1v) is 7.75. The van der Waals surface area contributed by atoms with Crippen LogP contribution < -0.4 is 11.1 Å². The van der Waals surface area contributed by atoms with Gasteiger partial charge in [-0.05, 0) is 18.2 Å². The van der Waals surface area contributed by atoms with Crippen molar-refractivity contribution >= 4 is 33.7 Å². The van der Waals surface area contributed by atoms with Crippen molar-refractivity contribution < 1.29 is 17.4 Å². The Labute approximate surface area is 123 Å². The number of alkyl halides is 3. The standard InChI is InChI=1S/C12H15F3N2OS2/c1-2-20(18)6-5-17-8-3-4-10(12(13,14)15)9(7-8)11(16)19/h3-4,7,17H,2,5-6H2,1H3,(H2,16,19). The maximum atomic E-state index is 12.8. The van der Waals surface area contributed by atoms with Gasteiger partial charge in [0.2, 0.25) is 0 Å². The molecular weight excluding hydrogens is 309 g/mol. The van der Waals surface area contributed by atoms with Crippen LogP contribution in [0.4, 0.5) is 18.9 Å². The number of nitrogens with two attached hydrogens (primary N) is 1. The number of rotatable bonds is 6. The van der Waals surface area contributed by atoms with Crippen LogP contribution in [0.1, 0.15) is 18.1 Å². The number of hydrogen-bond donors (Lipinski definition) is 2. The summed E-state index contributed by atoms with van der Waals surface area (Å²) in [5, 5.41) is 2.91. The van der Waals surface area contributed by atoms with Crippen LogP contribution in [0.3, 0.4) is 0 Å². The molecule has 0 amide bonds. The average molecular weight is 324 g/mol. The minimum absolute atomic E-state index is 0.214. The molecule has 0 fully saturated rings. The van der Waals surface area contributed by atoms with Crippen LogP contribution >= 0.6 is 12.2 Å². The van der Waals surface area contributed by atoms with E-state index in [-0.39, 0.29) is 10.6 Å². The Morgan fingerprint density at radius 3 is 2.60 bits per heavy atom. The van der Waals surface area contributed by atoms with Crippen molar-refractivity contribution in [2.24, 2.45) is 5.73 Å². The van der Waals surface area contributed by atoms with Gasteiger partial charge < -0.3 is 11.1 Å². The molecule has 0 aliphatic heterocycles. The zero-order chi connectivity index (χ0) is 15.3. The first kappa shape index (κ1) is 16.9. The summed E-state index contributed by atoms with van der Waals surface area (Å²) in [6.45, 7) is 2.21. The number of halogens is 3.